The highest BCUT2D eigenvalue weighted by molar-refractivity contribution is 5.02. The molecule has 1 saturated heterocycles. The molecule has 2 atom stereocenters. The Labute approximate surface area is 122 Å². The van der Waals surface area contributed by atoms with E-state index in [0.717, 1.165) is 18.4 Å². The van der Waals surface area contributed by atoms with Gasteiger partial charge < -0.3 is 5.32 Å². The molecule has 1 aromatic rings. The van der Waals surface area contributed by atoms with Crippen molar-refractivity contribution in [1.82, 2.24) is 20.0 Å². The van der Waals surface area contributed by atoms with E-state index in [2.05, 4.69) is 35.2 Å². The first kappa shape index (κ1) is 14.1. The first-order valence-corrected chi connectivity index (χ1v) is 8.09. The Morgan fingerprint density at radius 3 is 2.80 bits per heavy atom. The fourth-order valence-corrected chi connectivity index (χ4v) is 3.41. The van der Waals surface area contributed by atoms with E-state index in [0.29, 0.717) is 12.0 Å². The third-order valence-electron chi connectivity index (χ3n) is 5.04. The minimum atomic E-state index is 0.650. The van der Waals surface area contributed by atoms with Crippen molar-refractivity contribution in [3.63, 3.8) is 0 Å². The number of rotatable bonds is 5. The summed E-state index contributed by atoms with van der Waals surface area (Å²) < 4.78 is 2.01. The van der Waals surface area contributed by atoms with Crippen molar-refractivity contribution < 1.29 is 0 Å². The molecule has 0 bridgehead atoms. The maximum atomic E-state index is 4.28. The minimum absolute atomic E-state index is 0.650. The lowest BCUT2D eigenvalue weighted by Crippen LogP contribution is -2.59. The highest BCUT2D eigenvalue weighted by Gasteiger charge is 2.38. The second-order valence-electron chi connectivity index (χ2n) is 6.85. The molecule has 0 aromatic carbocycles. The molecule has 4 heteroatoms. The summed E-state index contributed by atoms with van der Waals surface area (Å²) in [5, 5.41) is 8.04. The number of nitrogens with one attached hydrogen (secondary N) is 1. The van der Waals surface area contributed by atoms with E-state index in [-0.39, 0.29) is 0 Å². The van der Waals surface area contributed by atoms with Crippen LogP contribution in [0.5, 0.6) is 0 Å². The van der Waals surface area contributed by atoms with E-state index in [4.69, 9.17) is 0 Å². The highest BCUT2D eigenvalue weighted by atomic mass is 15.3. The fourth-order valence-electron chi connectivity index (χ4n) is 3.41. The summed E-state index contributed by atoms with van der Waals surface area (Å²) in [6.45, 7) is 8.21. The highest BCUT2D eigenvalue weighted by Crippen LogP contribution is 2.36. The summed E-state index contributed by atoms with van der Waals surface area (Å²) >= 11 is 0. The van der Waals surface area contributed by atoms with E-state index >= 15 is 0 Å². The zero-order chi connectivity index (χ0) is 14.1. The lowest BCUT2D eigenvalue weighted by molar-refractivity contribution is 0.100. The van der Waals surface area contributed by atoms with Gasteiger partial charge >= 0.3 is 0 Å². The minimum Gasteiger partial charge on any atom is -0.311 e. The van der Waals surface area contributed by atoms with Crippen molar-refractivity contribution in [3.8, 4) is 0 Å². The van der Waals surface area contributed by atoms with Crippen molar-refractivity contribution in [3.05, 3.63) is 18.0 Å². The molecule has 0 amide bonds. The van der Waals surface area contributed by atoms with Gasteiger partial charge in [0.15, 0.2) is 0 Å². The maximum absolute atomic E-state index is 4.28. The third-order valence-corrected chi connectivity index (χ3v) is 5.04. The van der Waals surface area contributed by atoms with Crippen molar-refractivity contribution in [2.75, 3.05) is 19.6 Å². The average molecular weight is 276 g/mol. The largest absolute Gasteiger partial charge is 0.311 e. The van der Waals surface area contributed by atoms with Gasteiger partial charge in [-0.1, -0.05) is 13.8 Å². The molecule has 0 spiro atoms. The van der Waals surface area contributed by atoms with E-state index in [1.807, 2.05) is 17.9 Å². The molecule has 1 saturated carbocycles. The van der Waals surface area contributed by atoms with E-state index in [9.17, 15) is 0 Å². The summed E-state index contributed by atoms with van der Waals surface area (Å²) in [7, 11) is 2.04. The molecule has 2 aliphatic rings. The molecule has 3 rings (SSSR count). The second-order valence-corrected chi connectivity index (χ2v) is 6.85. The summed E-state index contributed by atoms with van der Waals surface area (Å²) in [4.78, 5) is 2.74. The van der Waals surface area contributed by atoms with Crippen molar-refractivity contribution >= 4 is 0 Å². The van der Waals surface area contributed by atoms with Crippen LogP contribution in [0.4, 0.5) is 0 Å². The Balaban J connectivity index is 1.61. The zero-order valence-electron chi connectivity index (χ0n) is 13.0. The molecule has 1 N–H and O–H groups in total. The third kappa shape index (κ3) is 3.07. The van der Waals surface area contributed by atoms with Crippen molar-refractivity contribution in [2.24, 2.45) is 18.9 Å². The normalized spacial score (nSPS) is 28.2. The van der Waals surface area contributed by atoms with Crippen LogP contribution in [0.15, 0.2) is 12.3 Å². The summed E-state index contributed by atoms with van der Waals surface area (Å²) in [6.07, 6.45) is 5.88. The predicted molar refractivity (Wildman–Crippen MR) is 81.6 cm³/mol. The molecule has 0 radical (unpaired) electrons. The Bertz CT molecular complexity index is 435. The monoisotopic (exact) mass is 276 g/mol. The van der Waals surface area contributed by atoms with Gasteiger partial charge in [-0.3, -0.25) is 9.58 Å². The maximum Gasteiger partial charge on any atom is 0.0492 e. The van der Waals surface area contributed by atoms with E-state index in [1.54, 1.807) is 0 Å². The average Bonchev–Trinajstić information content (AvgIpc) is 3.19. The van der Waals surface area contributed by atoms with Gasteiger partial charge in [-0.15, -0.1) is 0 Å². The van der Waals surface area contributed by atoms with Crippen LogP contribution in [0.1, 0.15) is 32.4 Å². The quantitative estimate of drug-likeness (QED) is 0.888. The van der Waals surface area contributed by atoms with Crippen molar-refractivity contribution in [2.45, 2.75) is 45.2 Å². The van der Waals surface area contributed by atoms with Gasteiger partial charge in [0.2, 0.25) is 0 Å². The summed E-state index contributed by atoms with van der Waals surface area (Å²) in [5.74, 6) is 1.66. The van der Waals surface area contributed by atoms with Gasteiger partial charge in [-0.25, -0.2) is 0 Å². The smallest absolute Gasteiger partial charge is 0.0492 e. The Morgan fingerprint density at radius 2 is 2.20 bits per heavy atom. The Morgan fingerprint density at radius 1 is 1.40 bits per heavy atom. The van der Waals surface area contributed by atoms with Gasteiger partial charge in [0.1, 0.15) is 0 Å². The van der Waals surface area contributed by atoms with Gasteiger partial charge in [0, 0.05) is 57.1 Å². The molecule has 2 fully saturated rings. The SMILES string of the molecule is CC(C)C1CN(CCc2ccnn2C)C(C2CC2)CN1. The first-order chi connectivity index (χ1) is 9.65. The van der Waals surface area contributed by atoms with Crippen molar-refractivity contribution in [1.29, 1.82) is 0 Å². The van der Waals surface area contributed by atoms with Gasteiger partial charge in [-0.2, -0.15) is 5.10 Å². The molecule has 1 aliphatic heterocycles. The molecular formula is C16H28N4. The lowest BCUT2D eigenvalue weighted by Gasteiger charge is -2.42. The molecule has 2 heterocycles. The van der Waals surface area contributed by atoms with Crippen LogP contribution in [-0.2, 0) is 13.5 Å². The molecule has 1 aromatic heterocycles. The molecule has 1 aliphatic carbocycles. The number of piperazine rings is 1. The molecule has 4 nitrogen and oxygen atoms in total. The van der Waals surface area contributed by atoms with Crippen LogP contribution in [0.3, 0.4) is 0 Å². The predicted octanol–water partition coefficient (Wildman–Crippen LogP) is 1.67. The standard InChI is InChI=1S/C16H28N4/c1-12(2)15-11-20(16(10-17-15)13-4-5-13)9-7-14-6-8-18-19(14)3/h6,8,12-13,15-17H,4-5,7,9-11H2,1-3H3. The van der Waals surface area contributed by atoms with E-state index in [1.165, 1.54) is 38.2 Å². The van der Waals surface area contributed by atoms with Crippen LogP contribution in [0.25, 0.3) is 0 Å². The second kappa shape index (κ2) is 5.86. The van der Waals surface area contributed by atoms with Crippen LogP contribution in [0.2, 0.25) is 0 Å². The first-order valence-electron chi connectivity index (χ1n) is 8.09. The van der Waals surface area contributed by atoms with Gasteiger partial charge in [0.05, 0.1) is 0 Å². The molecular weight excluding hydrogens is 248 g/mol. The summed E-state index contributed by atoms with van der Waals surface area (Å²) in [5.41, 5.74) is 1.35. The number of hydrogen-bond acceptors (Lipinski definition) is 3. The lowest BCUT2D eigenvalue weighted by atomic mass is 9.97. The molecule has 112 valence electrons. The number of hydrogen-bond donors (Lipinski definition) is 1. The fraction of sp³-hybridized carbons (Fsp3) is 0.812. The topological polar surface area (TPSA) is 33.1 Å². The van der Waals surface area contributed by atoms with Crippen LogP contribution >= 0.6 is 0 Å². The van der Waals surface area contributed by atoms with Crippen LogP contribution in [-0.4, -0.2) is 46.4 Å². The van der Waals surface area contributed by atoms with E-state index < -0.39 is 0 Å². The summed E-state index contributed by atoms with van der Waals surface area (Å²) in [6, 6.07) is 3.56. The Kier molecular flexibility index (Phi) is 4.13. The van der Waals surface area contributed by atoms with Gasteiger partial charge in [-0.05, 0) is 30.7 Å². The molecule has 2 unspecified atom stereocenters. The Hall–Kier alpha value is -0.870. The zero-order valence-corrected chi connectivity index (χ0v) is 13.0. The van der Waals surface area contributed by atoms with Gasteiger partial charge in [0.25, 0.3) is 0 Å². The number of aromatic nitrogens is 2. The van der Waals surface area contributed by atoms with Crippen LogP contribution < -0.4 is 5.32 Å². The molecule has 20 heavy (non-hydrogen) atoms. The van der Waals surface area contributed by atoms with Crippen LogP contribution in [0, 0.1) is 11.8 Å². The number of aryl methyl sites for hydroxylation is 1. The number of nitrogens with zero attached hydrogens (tertiary/aromatic N) is 3.